The smallest absolute Gasteiger partial charge is 0.224 e. The van der Waals surface area contributed by atoms with Crippen LogP contribution in [0.2, 0.25) is 0 Å². The van der Waals surface area contributed by atoms with Crippen molar-refractivity contribution < 1.29 is 9.90 Å². The lowest BCUT2D eigenvalue weighted by molar-refractivity contribution is -0.124. The van der Waals surface area contributed by atoms with Crippen molar-refractivity contribution in [3.05, 3.63) is 47.9 Å². The lowest BCUT2D eigenvalue weighted by atomic mass is 9.83. The minimum absolute atomic E-state index is 0.0522. The monoisotopic (exact) mass is 325 g/mol. The van der Waals surface area contributed by atoms with Crippen LogP contribution in [0.4, 0.5) is 0 Å². The molecule has 2 heterocycles. The third kappa shape index (κ3) is 2.67. The molecule has 1 fully saturated rings. The van der Waals surface area contributed by atoms with E-state index in [4.69, 9.17) is 0 Å². The molecule has 7 heteroatoms. The number of fused-ring (bicyclic) bond motifs is 1. The highest BCUT2D eigenvalue weighted by Crippen LogP contribution is 2.32. The summed E-state index contributed by atoms with van der Waals surface area (Å²) in [6.07, 6.45) is 5.77. The minimum atomic E-state index is -0.475. The number of carbonyl (C=O) groups is 1. The quantitative estimate of drug-likeness (QED) is 0.669. The van der Waals surface area contributed by atoms with Crippen molar-refractivity contribution in [1.29, 1.82) is 0 Å². The molecule has 0 aliphatic heterocycles. The Morgan fingerprint density at radius 2 is 2.33 bits per heavy atom. The number of rotatable bonds is 4. The van der Waals surface area contributed by atoms with Gasteiger partial charge in [0.25, 0.3) is 0 Å². The van der Waals surface area contributed by atoms with Crippen LogP contribution < -0.4 is 5.32 Å². The number of nitrogens with zero attached hydrogens (tertiary/aromatic N) is 3. The number of H-pyrrole nitrogens is 1. The maximum atomic E-state index is 12.3. The number of aliphatic hydroxyl groups excluding tert-OH is 1. The van der Waals surface area contributed by atoms with Gasteiger partial charge in [0.2, 0.25) is 5.91 Å². The Balaban J connectivity index is 1.42. The van der Waals surface area contributed by atoms with Gasteiger partial charge < -0.3 is 10.4 Å². The van der Waals surface area contributed by atoms with Crippen LogP contribution in [0.3, 0.4) is 0 Å². The molecule has 124 valence electrons. The molecule has 3 atom stereocenters. The number of nitrogens with one attached hydrogen (secondary N) is 2. The van der Waals surface area contributed by atoms with E-state index in [2.05, 4.69) is 20.6 Å². The predicted molar refractivity (Wildman–Crippen MR) is 88.4 cm³/mol. The second-order valence-corrected chi connectivity index (χ2v) is 6.43. The standard InChI is InChI=1S/C17H19N5O2/c1-10-7-19-22(9-10)17-14(6-15(17)23)20-16(24)5-11-2-3-13-12(4-11)8-18-21-13/h2-4,7-9,14-15,17,23H,5-6H2,1H3,(H,18,21)(H,20,24)/t14-,15+,17+/m0/s1. The zero-order valence-electron chi connectivity index (χ0n) is 13.3. The first-order valence-electron chi connectivity index (χ1n) is 8.00. The molecule has 0 radical (unpaired) electrons. The topological polar surface area (TPSA) is 95.8 Å². The van der Waals surface area contributed by atoms with E-state index in [1.165, 1.54) is 0 Å². The summed E-state index contributed by atoms with van der Waals surface area (Å²) in [6.45, 7) is 1.95. The molecule has 1 saturated carbocycles. The average Bonchev–Trinajstić information content (AvgIpc) is 3.15. The molecule has 0 unspecified atom stereocenters. The first-order chi connectivity index (χ1) is 11.6. The van der Waals surface area contributed by atoms with E-state index in [1.807, 2.05) is 31.3 Å². The Morgan fingerprint density at radius 1 is 1.46 bits per heavy atom. The van der Waals surface area contributed by atoms with Crippen LogP contribution in [0, 0.1) is 6.92 Å². The molecule has 0 bridgehead atoms. The van der Waals surface area contributed by atoms with Gasteiger partial charge in [-0.1, -0.05) is 6.07 Å². The number of hydrogen-bond donors (Lipinski definition) is 3. The molecule has 4 rings (SSSR count). The summed E-state index contributed by atoms with van der Waals surface area (Å²) in [5.41, 5.74) is 2.93. The maximum absolute atomic E-state index is 12.3. The Labute approximate surface area is 138 Å². The molecule has 24 heavy (non-hydrogen) atoms. The molecular weight excluding hydrogens is 306 g/mol. The number of aromatic nitrogens is 4. The molecule has 7 nitrogen and oxygen atoms in total. The van der Waals surface area contributed by atoms with E-state index in [0.29, 0.717) is 12.8 Å². The molecular formula is C17H19N5O2. The van der Waals surface area contributed by atoms with Crippen LogP contribution in [0.1, 0.15) is 23.6 Å². The summed E-state index contributed by atoms with van der Waals surface area (Å²) in [4.78, 5) is 12.3. The molecule has 1 aliphatic rings. The van der Waals surface area contributed by atoms with Crippen LogP contribution >= 0.6 is 0 Å². The fourth-order valence-corrected chi connectivity index (χ4v) is 3.26. The van der Waals surface area contributed by atoms with Crippen molar-refractivity contribution in [3.63, 3.8) is 0 Å². The molecule has 0 saturated heterocycles. The lowest BCUT2D eigenvalue weighted by Gasteiger charge is -2.41. The molecule has 1 amide bonds. The zero-order chi connectivity index (χ0) is 16.7. The van der Waals surface area contributed by atoms with Crippen LogP contribution in [0.25, 0.3) is 10.9 Å². The third-order valence-corrected chi connectivity index (χ3v) is 4.55. The SMILES string of the molecule is Cc1cnn([C@H]2[C@H](O)C[C@@H]2NC(=O)Cc2ccc3[nH]ncc3c2)c1. The van der Waals surface area contributed by atoms with Crippen molar-refractivity contribution in [2.75, 3.05) is 0 Å². The highest BCUT2D eigenvalue weighted by molar-refractivity contribution is 5.83. The lowest BCUT2D eigenvalue weighted by Crippen LogP contribution is -2.56. The highest BCUT2D eigenvalue weighted by atomic mass is 16.3. The van der Waals surface area contributed by atoms with E-state index in [0.717, 1.165) is 22.0 Å². The van der Waals surface area contributed by atoms with Gasteiger partial charge in [-0.2, -0.15) is 10.2 Å². The van der Waals surface area contributed by atoms with Gasteiger partial charge in [-0.3, -0.25) is 14.6 Å². The Kier molecular flexibility index (Phi) is 3.57. The van der Waals surface area contributed by atoms with Gasteiger partial charge in [0.05, 0.1) is 42.5 Å². The minimum Gasteiger partial charge on any atom is -0.391 e. The van der Waals surface area contributed by atoms with Crippen molar-refractivity contribution in [2.45, 2.75) is 38.0 Å². The normalized spacial score (nSPS) is 23.2. The number of hydrogen-bond acceptors (Lipinski definition) is 4. The summed E-state index contributed by atoms with van der Waals surface area (Å²) in [6, 6.07) is 5.52. The summed E-state index contributed by atoms with van der Waals surface area (Å²) < 4.78 is 1.74. The number of aromatic amines is 1. The number of amides is 1. The van der Waals surface area contributed by atoms with Crippen LogP contribution in [-0.2, 0) is 11.2 Å². The fourth-order valence-electron chi connectivity index (χ4n) is 3.26. The zero-order valence-corrected chi connectivity index (χ0v) is 13.3. The van der Waals surface area contributed by atoms with Gasteiger partial charge in [0.15, 0.2) is 0 Å². The predicted octanol–water partition coefficient (Wildman–Crippen LogP) is 1.10. The largest absolute Gasteiger partial charge is 0.391 e. The summed E-state index contributed by atoms with van der Waals surface area (Å²) >= 11 is 0. The van der Waals surface area contributed by atoms with E-state index < -0.39 is 6.10 Å². The van der Waals surface area contributed by atoms with Gasteiger partial charge in [0.1, 0.15) is 0 Å². The molecule has 1 aliphatic carbocycles. The highest BCUT2D eigenvalue weighted by Gasteiger charge is 2.42. The molecule has 1 aromatic carbocycles. The molecule has 3 N–H and O–H groups in total. The van der Waals surface area contributed by atoms with Crippen LogP contribution in [-0.4, -0.2) is 43.1 Å². The Morgan fingerprint density at radius 3 is 3.08 bits per heavy atom. The van der Waals surface area contributed by atoms with Gasteiger partial charge in [-0.15, -0.1) is 0 Å². The first-order valence-corrected chi connectivity index (χ1v) is 8.00. The summed E-state index contributed by atoms with van der Waals surface area (Å²) in [5.74, 6) is -0.0522. The maximum Gasteiger partial charge on any atom is 0.224 e. The summed E-state index contributed by atoms with van der Waals surface area (Å²) in [5, 5.41) is 25.1. The van der Waals surface area contributed by atoms with Gasteiger partial charge in [0, 0.05) is 11.6 Å². The van der Waals surface area contributed by atoms with E-state index >= 15 is 0 Å². The van der Waals surface area contributed by atoms with Crippen LogP contribution in [0.5, 0.6) is 0 Å². The van der Waals surface area contributed by atoms with Crippen LogP contribution in [0.15, 0.2) is 36.8 Å². The number of benzene rings is 1. The number of aryl methyl sites for hydroxylation is 1. The number of carbonyl (C=O) groups excluding carboxylic acids is 1. The van der Waals surface area contributed by atoms with E-state index in [9.17, 15) is 9.90 Å². The van der Waals surface area contributed by atoms with Crippen molar-refractivity contribution in [1.82, 2.24) is 25.3 Å². The average molecular weight is 325 g/mol. The van der Waals surface area contributed by atoms with Gasteiger partial charge in [-0.25, -0.2) is 0 Å². The van der Waals surface area contributed by atoms with Crippen molar-refractivity contribution in [2.24, 2.45) is 0 Å². The van der Waals surface area contributed by atoms with Crippen molar-refractivity contribution in [3.8, 4) is 0 Å². The second-order valence-electron chi connectivity index (χ2n) is 6.43. The van der Waals surface area contributed by atoms with Crippen molar-refractivity contribution >= 4 is 16.8 Å². The second kappa shape index (κ2) is 5.76. The van der Waals surface area contributed by atoms with E-state index in [1.54, 1.807) is 17.1 Å². The fraction of sp³-hybridized carbons (Fsp3) is 0.353. The number of aliphatic hydroxyl groups is 1. The van der Waals surface area contributed by atoms with E-state index in [-0.39, 0.29) is 18.0 Å². The first kappa shape index (κ1) is 14.9. The Bertz CT molecular complexity index is 884. The van der Waals surface area contributed by atoms with Gasteiger partial charge >= 0.3 is 0 Å². The third-order valence-electron chi connectivity index (χ3n) is 4.55. The summed E-state index contributed by atoms with van der Waals surface area (Å²) in [7, 11) is 0. The molecule has 0 spiro atoms. The van der Waals surface area contributed by atoms with Gasteiger partial charge in [-0.05, 0) is 36.6 Å². The molecule has 3 aromatic rings. The Hall–Kier alpha value is -2.67. The molecule has 2 aromatic heterocycles.